The van der Waals surface area contributed by atoms with Crippen LogP contribution < -0.4 is 9.47 Å². The van der Waals surface area contributed by atoms with Crippen molar-refractivity contribution in [3.05, 3.63) is 76.5 Å². The molecule has 7 heteroatoms. The third kappa shape index (κ3) is 13.5. The Morgan fingerprint density at radius 3 is 2.18 bits per heavy atom. The zero-order valence-electron chi connectivity index (χ0n) is 32.1. The molecule has 2 aromatic carbocycles. The zero-order valence-corrected chi connectivity index (χ0v) is 32.1. The van der Waals surface area contributed by atoms with Gasteiger partial charge in [0.2, 0.25) is 5.88 Å². The van der Waals surface area contributed by atoms with E-state index in [-0.39, 0.29) is 6.10 Å². The molecule has 3 aromatic rings. The molecule has 2 aliphatic heterocycles. The third-order valence-electron chi connectivity index (χ3n) is 7.99. The summed E-state index contributed by atoms with van der Waals surface area (Å²) >= 11 is 0. The van der Waals surface area contributed by atoms with Gasteiger partial charge < -0.3 is 14.6 Å². The number of rotatable bonds is 8. The molecule has 3 aliphatic rings. The van der Waals surface area contributed by atoms with Crippen molar-refractivity contribution in [1.29, 1.82) is 5.26 Å². The van der Waals surface area contributed by atoms with E-state index < -0.39 is 11.9 Å². The summed E-state index contributed by atoms with van der Waals surface area (Å²) in [6, 6.07) is 16.6. The second kappa shape index (κ2) is 24.3. The van der Waals surface area contributed by atoms with E-state index in [9.17, 15) is 15.2 Å². The summed E-state index contributed by atoms with van der Waals surface area (Å²) in [5.41, 5.74) is 6.76. The molecule has 2 unspecified atom stereocenters. The number of carbonyl (C=O) groups is 1. The second-order valence-electron chi connectivity index (χ2n) is 11.4. The molecule has 1 N–H and O–H groups in total. The molecule has 0 spiro atoms. The number of carboxylic acids is 1. The minimum absolute atomic E-state index is 0.0940. The molecule has 2 atom stereocenters. The molecule has 1 saturated carbocycles. The van der Waals surface area contributed by atoms with Gasteiger partial charge in [0, 0.05) is 24.4 Å². The fraction of sp³-hybridized carbons (Fsp3) is 0.548. The molecule has 6 rings (SSSR count). The maximum absolute atomic E-state index is 11.3. The van der Waals surface area contributed by atoms with Gasteiger partial charge in [-0.05, 0) is 79.1 Å². The predicted molar refractivity (Wildman–Crippen MR) is 203 cm³/mol. The average molecular weight is 674 g/mol. The van der Waals surface area contributed by atoms with Crippen LogP contribution in [0.4, 0.5) is 0 Å². The number of carboxylic acid groups (broad SMARTS) is 1. The monoisotopic (exact) mass is 673 g/mol. The Bertz CT molecular complexity index is 1420. The summed E-state index contributed by atoms with van der Waals surface area (Å²) in [6.07, 6.45) is 10.6. The first kappa shape index (κ1) is 43.1. The van der Waals surface area contributed by atoms with Crippen molar-refractivity contribution in [3.63, 3.8) is 0 Å². The molecule has 0 bridgehead atoms. The smallest absolute Gasteiger partial charge is 0.306 e. The van der Waals surface area contributed by atoms with Crippen LogP contribution in [0.2, 0.25) is 0 Å². The summed E-state index contributed by atoms with van der Waals surface area (Å²) in [7, 11) is 1.58. The highest BCUT2D eigenvalue weighted by atomic mass is 16.5. The lowest BCUT2D eigenvalue weighted by Crippen LogP contribution is -2.20. The Balaban J connectivity index is 0.000000972. The molecule has 2 fully saturated rings. The number of nitriles is 1. The van der Waals surface area contributed by atoms with Crippen molar-refractivity contribution < 1.29 is 19.4 Å². The Morgan fingerprint density at radius 2 is 1.61 bits per heavy atom. The lowest BCUT2D eigenvalue weighted by molar-refractivity contribution is -0.141. The number of pyridine rings is 1. The van der Waals surface area contributed by atoms with Gasteiger partial charge in [0.25, 0.3) is 0 Å². The number of aromatic nitrogens is 1. The van der Waals surface area contributed by atoms with Crippen molar-refractivity contribution in [3.8, 4) is 28.8 Å². The first-order valence-electron chi connectivity index (χ1n) is 18.8. The Labute approximate surface area is 297 Å². The maximum atomic E-state index is 11.3. The highest BCUT2D eigenvalue weighted by molar-refractivity contribution is 5.74. The maximum Gasteiger partial charge on any atom is 0.306 e. The molecular weight excluding hydrogens is 610 g/mol. The van der Waals surface area contributed by atoms with E-state index >= 15 is 0 Å². The van der Waals surface area contributed by atoms with Crippen molar-refractivity contribution >= 4 is 5.97 Å². The van der Waals surface area contributed by atoms with E-state index in [2.05, 4.69) is 40.2 Å². The standard InChI is InChI=1S/C31H33N3O4.C3H6.4C2H6/c1-20(31(35)36)13-21-5-6-22-8-10-28(38-29(22)14-21)23-7-9-26(24(15-23)19-34-11-3-4-12-34)27-16-30(37-2)33-18-25(27)17-32;1-2-3-1;4*1-2/h5-7,9,14-16,18,20,28H,3-4,8,10-13,19H2,1-2H3,(H,35,36);1-3H2;4*1-2H3. The van der Waals surface area contributed by atoms with Crippen molar-refractivity contribution in [1.82, 2.24) is 9.88 Å². The minimum Gasteiger partial charge on any atom is -0.485 e. The van der Waals surface area contributed by atoms with Gasteiger partial charge in [-0.25, -0.2) is 4.98 Å². The van der Waals surface area contributed by atoms with E-state index in [0.29, 0.717) is 17.9 Å². The number of hydrogen-bond acceptors (Lipinski definition) is 6. The summed E-state index contributed by atoms with van der Waals surface area (Å²) in [6.45, 7) is 20.7. The largest absolute Gasteiger partial charge is 0.485 e. The Kier molecular flexibility index (Phi) is 21.4. The van der Waals surface area contributed by atoms with Crippen LogP contribution in [-0.4, -0.2) is 41.2 Å². The molecule has 0 radical (unpaired) electrons. The van der Waals surface area contributed by atoms with E-state index in [1.54, 1.807) is 20.2 Å². The lowest BCUT2D eigenvalue weighted by atomic mass is 9.90. The van der Waals surface area contributed by atoms with Gasteiger partial charge in [-0.1, -0.05) is 112 Å². The summed E-state index contributed by atoms with van der Waals surface area (Å²) in [5.74, 6) is 0.0827. The van der Waals surface area contributed by atoms with Gasteiger partial charge in [-0.2, -0.15) is 5.26 Å². The summed E-state index contributed by atoms with van der Waals surface area (Å²) in [4.78, 5) is 18.0. The molecule has 3 heterocycles. The first-order valence-corrected chi connectivity index (χ1v) is 18.8. The number of likely N-dealkylation sites (tertiary alicyclic amines) is 1. The van der Waals surface area contributed by atoms with Crippen LogP contribution in [0.3, 0.4) is 0 Å². The lowest BCUT2D eigenvalue weighted by Gasteiger charge is -2.28. The number of benzene rings is 2. The van der Waals surface area contributed by atoms with Crippen LogP contribution in [0, 0.1) is 17.2 Å². The number of aryl methyl sites for hydroxylation is 1. The van der Waals surface area contributed by atoms with Crippen LogP contribution in [-0.2, 0) is 24.2 Å². The fourth-order valence-corrected chi connectivity index (χ4v) is 5.47. The normalized spacial score (nSPS) is 15.7. The molecule has 49 heavy (non-hydrogen) atoms. The predicted octanol–water partition coefficient (Wildman–Crippen LogP) is 10.8. The van der Waals surface area contributed by atoms with Crippen LogP contribution in [0.15, 0.2) is 48.7 Å². The van der Waals surface area contributed by atoms with Crippen molar-refractivity contribution in [2.75, 3.05) is 20.2 Å². The Hall–Kier alpha value is -3.89. The van der Waals surface area contributed by atoms with Crippen LogP contribution >= 0.6 is 0 Å². The topological polar surface area (TPSA) is 95.7 Å². The summed E-state index contributed by atoms with van der Waals surface area (Å²) < 4.78 is 11.9. The quantitative estimate of drug-likeness (QED) is 0.254. The molecular formula is C42H63N3O4. The van der Waals surface area contributed by atoms with E-state index in [0.717, 1.165) is 71.6 Å². The second-order valence-corrected chi connectivity index (χ2v) is 11.4. The minimum atomic E-state index is -0.793. The SMILES string of the molecule is C1CC1.CC.CC.CC.CC.COc1cc(-c2ccc(C3CCc4ccc(CC(C)C(=O)O)cc4O3)cc2CN2CCCC2)c(C#N)cn1. The number of aliphatic carboxylic acids is 1. The molecule has 270 valence electrons. The van der Waals surface area contributed by atoms with Crippen molar-refractivity contribution in [2.24, 2.45) is 5.92 Å². The number of methoxy groups -OCH3 is 1. The molecule has 7 nitrogen and oxygen atoms in total. The third-order valence-corrected chi connectivity index (χ3v) is 7.99. The van der Waals surface area contributed by atoms with Gasteiger partial charge in [-0.3, -0.25) is 9.69 Å². The highest BCUT2D eigenvalue weighted by Gasteiger charge is 2.25. The Morgan fingerprint density at radius 1 is 0.959 bits per heavy atom. The molecule has 0 amide bonds. The zero-order chi connectivity index (χ0) is 36.8. The number of fused-ring (bicyclic) bond motifs is 1. The molecule has 1 aromatic heterocycles. The van der Waals surface area contributed by atoms with Gasteiger partial charge in [0.15, 0.2) is 0 Å². The van der Waals surface area contributed by atoms with E-state index in [1.807, 2.05) is 73.6 Å². The van der Waals surface area contributed by atoms with E-state index in [1.165, 1.54) is 32.1 Å². The van der Waals surface area contributed by atoms with Crippen LogP contribution in [0.5, 0.6) is 11.6 Å². The van der Waals surface area contributed by atoms with Gasteiger partial charge in [-0.15, -0.1) is 0 Å². The first-order chi connectivity index (χ1) is 23.9. The number of ether oxygens (including phenoxy) is 2. The van der Waals surface area contributed by atoms with Crippen molar-refractivity contribution in [2.45, 2.75) is 126 Å². The van der Waals surface area contributed by atoms with Crippen LogP contribution in [0.1, 0.15) is 135 Å². The number of nitrogens with zero attached hydrogens (tertiary/aromatic N) is 3. The number of hydrogen-bond donors (Lipinski definition) is 1. The highest BCUT2D eigenvalue weighted by Crippen LogP contribution is 2.38. The van der Waals surface area contributed by atoms with Gasteiger partial charge in [0.05, 0.1) is 18.6 Å². The molecule has 1 saturated heterocycles. The van der Waals surface area contributed by atoms with Gasteiger partial charge in [0.1, 0.15) is 17.9 Å². The summed E-state index contributed by atoms with van der Waals surface area (Å²) in [5, 5.41) is 19.1. The van der Waals surface area contributed by atoms with E-state index in [4.69, 9.17) is 9.47 Å². The molecule has 1 aliphatic carbocycles. The average Bonchev–Trinajstić information content (AvgIpc) is 3.97. The van der Waals surface area contributed by atoms with Gasteiger partial charge >= 0.3 is 5.97 Å². The van der Waals surface area contributed by atoms with Crippen LogP contribution in [0.25, 0.3) is 11.1 Å². The fourth-order valence-electron chi connectivity index (χ4n) is 5.47.